The van der Waals surface area contributed by atoms with Crippen LogP contribution in [0, 0.1) is 55.4 Å². The molecule has 0 amide bonds. The molecule has 6 heteroatoms. The van der Waals surface area contributed by atoms with Crippen molar-refractivity contribution in [1.29, 1.82) is 0 Å². The van der Waals surface area contributed by atoms with E-state index in [1.807, 2.05) is 62.8 Å². The number of thiazole rings is 1. The molecule has 47 heavy (non-hydrogen) atoms. The summed E-state index contributed by atoms with van der Waals surface area (Å²) >= 11 is 3.62. The van der Waals surface area contributed by atoms with E-state index in [1.165, 1.54) is 47.3 Å². The Kier molecular flexibility index (Phi) is 11.9. The van der Waals surface area contributed by atoms with Gasteiger partial charge in [-0.3, -0.25) is 15.0 Å². The second-order valence-corrected chi connectivity index (χ2v) is 14.4. The van der Waals surface area contributed by atoms with Crippen molar-refractivity contribution in [3.8, 4) is 0 Å². The van der Waals surface area contributed by atoms with Gasteiger partial charge in [0.05, 0.1) is 31.8 Å². The summed E-state index contributed by atoms with van der Waals surface area (Å²) in [6.07, 6.45) is 5.63. The zero-order valence-corrected chi connectivity index (χ0v) is 29.5. The Morgan fingerprint density at radius 3 is 1.53 bits per heavy atom. The van der Waals surface area contributed by atoms with Gasteiger partial charge in [-0.1, -0.05) is 37.8 Å². The number of fused-ring (bicyclic) bond motifs is 4. The molecule has 0 N–H and O–H groups in total. The molecule has 0 atom stereocenters. The van der Waals surface area contributed by atoms with Crippen LogP contribution in [-0.4, -0.2) is 19.9 Å². The fourth-order valence-electron chi connectivity index (χ4n) is 4.96. The number of hydrogen-bond donors (Lipinski definition) is 0. The maximum Gasteiger partial charge on any atom is 0.0907 e. The Morgan fingerprint density at radius 1 is 0.404 bits per heavy atom. The third-order valence-corrected chi connectivity index (χ3v) is 9.18. The quantitative estimate of drug-likeness (QED) is 0.163. The lowest BCUT2D eigenvalue weighted by molar-refractivity contribution is 1.26. The zero-order valence-electron chi connectivity index (χ0n) is 27.8. The number of nitrogens with zero attached hydrogens (tertiary/aromatic N) is 4. The van der Waals surface area contributed by atoms with Crippen LogP contribution in [0.5, 0.6) is 0 Å². The number of aromatic nitrogens is 4. The first-order valence-electron chi connectivity index (χ1n) is 15.3. The van der Waals surface area contributed by atoms with Crippen LogP contribution in [0.3, 0.4) is 0 Å². The zero-order chi connectivity index (χ0) is 32.8. The van der Waals surface area contributed by atoms with E-state index >= 15 is 0 Å². The van der Waals surface area contributed by atoms with Crippen molar-refractivity contribution >= 4 is 64.9 Å². The second kappa shape index (κ2) is 15.9. The molecule has 4 nitrogen and oxygen atoms in total. The van der Waals surface area contributed by atoms with Crippen LogP contribution in [0.1, 0.15) is 50.7 Å². The van der Waals surface area contributed by atoms with Crippen molar-refractivity contribution < 1.29 is 0 Å². The Balaban J connectivity index is 0.000000141. The van der Waals surface area contributed by atoms with E-state index < -0.39 is 0 Å². The first kappa shape index (κ1) is 35.3. The third-order valence-electron chi connectivity index (χ3n) is 7.23. The SMILES string of the molecule is C.Cc1ccc2cc(C)sc2c1.Cc1ccc2nc(C)sc2c1.Cc1cnc2cc(C)ccc2c1.Cc1cnc2cc(C)cnc2c1. The van der Waals surface area contributed by atoms with Crippen LogP contribution in [0.2, 0.25) is 0 Å². The molecule has 8 aromatic rings. The summed E-state index contributed by atoms with van der Waals surface area (Å²) in [5.41, 5.74) is 11.6. The van der Waals surface area contributed by atoms with Gasteiger partial charge in [0, 0.05) is 33.6 Å². The molecule has 3 aromatic carbocycles. The van der Waals surface area contributed by atoms with Gasteiger partial charge in [0.2, 0.25) is 0 Å². The highest BCUT2D eigenvalue weighted by Gasteiger charge is 1.99. The summed E-state index contributed by atoms with van der Waals surface area (Å²) in [7, 11) is 0. The topological polar surface area (TPSA) is 51.6 Å². The van der Waals surface area contributed by atoms with E-state index in [-0.39, 0.29) is 7.43 Å². The molecular formula is C41H44N4S2. The fraction of sp³-hybridized carbons (Fsp3) is 0.220. The smallest absolute Gasteiger partial charge is 0.0907 e. The molecule has 0 aliphatic rings. The maximum absolute atomic E-state index is 4.37. The summed E-state index contributed by atoms with van der Waals surface area (Å²) in [6, 6.07) is 27.8. The van der Waals surface area contributed by atoms with Gasteiger partial charge in [0.15, 0.2) is 0 Å². The Morgan fingerprint density at radius 2 is 0.894 bits per heavy atom. The molecule has 0 bridgehead atoms. The van der Waals surface area contributed by atoms with Gasteiger partial charge in [-0.25, -0.2) is 4.98 Å². The highest BCUT2D eigenvalue weighted by molar-refractivity contribution is 7.19. The van der Waals surface area contributed by atoms with E-state index in [9.17, 15) is 0 Å². The van der Waals surface area contributed by atoms with Gasteiger partial charge in [-0.2, -0.15) is 0 Å². The van der Waals surface area contributed by atoms with E-state index in [0.29, 0.717) is 0 Å². The molecule has 0 fully saturated rings. The maximum atomic E-state index is 4.37. The van der Waals surface area contributed by atoms with E-state index in [2.05, 4.69) is 121 Å². The number of thiophene rings is 1. The van der Waals surface area contributed by atoms with Gasteiger partial charge >= 0.3 is 0 Å². The lowest BCUT2D eigenvalue weighted by Crippen LogP contribution is -1.85. The Labute approximate surface area is 287 Å². The van der Waals surface area contributed by atoms with Crippen LogP contribution in [0.15, 0.2) is 97.5 Å². The van der Waals surface area contributed by atoms with E-state index in [1.54, 1.807) is 11.3 Å². The molecule has 0 aliphatic heterocycles. The number of rotatable bonds is 0. The normalized spacial score (nSPS) is 10.4. The summed E-state index contributed by atoms with van der Waals surface area (Å²) in [4.78, 5) is 18.7. The van der Waals surface area contributed by atoms with Gasteiger partial charge in [0.1, 0.15) is 0 Å². The van der Waals surface area contributed by atoms with Crippen LogP contribution in [-0.2, 0) is 0 Å². The minimum absolute atomic E-state index is 0. The minimum atomic E-state index is 0. The van der Waals surface area contributed by atoms with Crippen molar-refractivity contribution in [3.63, 3.8) is 0 Å². The van der Waals surface area contributed by atoms with E-state index in [0.717, 1.165) is 38.2 Å². The molecular weight excluding hydrogens is 613 g/mol. The molecule has 240 valence electrons. The van der Waals surface area contributed by atoms with Crippen LogP contribution in [0.4, 0.5) is 0 Å². The number of hydrogen-bond acceptors (Lipinski definition) is 6. The molecule has 0 spiro atoms. The standard InChI is InChI=1S/C11H11N.C10H10N2.C10H10S.C9H9NS.CH4/c1-8-3-4-10-5-9(2)7-12-11(10)6-8;1-7-3-9-10(11-5-7)4-8(2)6-12-9;1-7-3-4-9-6-8(2)11-10(9)5-7;1-6-3-4-8-9(5-6)11-7(2)10-8;/h3-7H,1-2H3;3-6H,1-2H3;3-6H,1-2H3;3-5H,1-2H3;1H4. The molecule has 0 saturated heterocycles. The number of aryl methyl sites for hydroxylation is 8. The summed E-state index contributed by atoms with van der Waals surface area (Å²) in [5, 5.41) is 3.74. The third kappa shape index (κ3) is 9.74. The Hall–Kier alpha value is -4.52. The minimum Gasteiger partial charge on any atom is -0.256 e. The molecule has 0 aliphatic carbocycles. The molecule has 0 unspecified atom stereocenters. The van der Waals surface area contributed by atoms with Gasteiger partial charge in [-0.05, 0) is 143 Å². The average molecular weight is 657 g/mol. The molecule has 0 radical (unpaired) electrons. The van der Waals surface area contributed by atoms with E-state index in [4.69, 9.17) is 0 Å². The number of benzene rings is 3. The largest absolute Gasteiger partial charge is 0.256 e. The molecule has 5 aromatic heterocycles. The van der Waals surface area contributed by atoms with Crippen molar-refractivity contribution in [1.82, 2.24) is 19.9 Å². The van der Waals surface area contributed by atoms with Gasteiger partial charge in [0.25, 0.3) is 0 Å². The summed E-state index contributed by atoms with van der Waals surface area (Å²) in [5.74, 6) is 0. The van der Waals surface area contributed by atoms with Crippen molar-refractivity contribution in [3.05, 3.63) is 141 Å². The predicted octanol–water partition coefficient (Wildman–Crippen LogP) is 12.2. The molecule has 5 heterocycles. The number of pyridine rings is 3. The lowest BCUT2D eigenvalue weighted by Gasteiger charge is -1.98. The highest BCUT2D eigenvalue weighted by atomic mass is 32.1. The highest BCUT2D eigenvalue weighted by Crippen LogP contribution is 2.25. The molecule has 0 saturated carbocycles. The predicted molar refractivity (Wildman–Crippen MR) is 207 cm³/mol. The lowest BCUT2D eigenvalue weighted by atomic mass is 10.1. The average Bonchev–Trinajstić information content (AvgIpc) is 3.58. The summed E-state index contributed by atoms with van der Waals surface area (Å²) in [6.45, 7) is 16.6. The monoisotopic (exact) mass is 656 g/mol. The van der Waals surface area contributed by atoms with Crippen LogP contribution >= 0.6 is 22.7 Å². The van der Waals surface area contributed by atoms with Gasteiger partial charge < -0.3 is 0 Å². The van der Waals surface area contributed by atoms with Crippen molar-refractivity contribution in [2.75, 3.05) is 0 Å². The van der Waals surface area contributed by atoms with Crippen LogP contribution in [0.25, 0.3) is 42.2 Å². The van der Waals surface area contributed by atoms with Crippen molar-refractivity contribution in [2.24, 2.45) is 0 Å². The summed E-state index contributed by atoms with van der Waals surface area (Å²) < 4.78 is 2.70. The Bertz CT molecular complexity index is 2020. The first-order valence-corrected chi connectivity index (χ1v) is 17.0. The fourth-order valence-corrected chi connectivity index (χ4v) is 6.91. The first-order chi connectivity index (χ1) is 22.0. The second-order valence-electron chi connectivity index (χ2n) is 11.9. The molecule has 8 rings (SSSR count). The van der Waals surface area contributed by atoms with Crippen LogP contribution < -0.4 is 0 Å². The van der Waals surface area contributed by atoms with Crippen molar-refractivity contribution in [2.45, 2.75) is 62.8 Å². The van der Waals surface area contributed by atoms with Gasteiger partial charge in [-0.15, -0.1) is 22.7 Å².